The number of hydrogen-bond acceptors (Lipinski definition) is 4. The van der Waals surface area contributed by atoms with Gasteiger partial charge in [0.1, 0.15) is 17.4 Å². The fourth-order valence-electron chi connectivity index (χ4n) is 6.20. The third kappa shape index (κ3) is 5.35. The van der Waals surface area contributed by atoms with Crippen LogP contribution in [0, 0.1) is 17.6 Å². The smallest absolute Gasteiger partial charge is 0.421 e. The van der Waals surface area contributed by atoms with Crippen LogP contribution in [0.25, 0.3) is 0 Å². The molecule has 2 aromatic carbocycles. The number of nitrogens with one attached hydrogen (secondary N) is 3. The van der Waals surface area contributed by atoms with Crippen LogP contribution < -0.4 is 20.7 Å². The van der Waals surface area contributed by atoms with Gasteiger partial charge in [0.15, 0.2) is 11.8 Å². The van der Waals surface area contributed by atoms with E-state index < -0.39 is 46.8 Å². The summed E-state index contributed by atoms with van der Waals surface area (Å²) in [5.74, 6) is -1.82. The molecule has 0 radical (unpaired) electrons. The summed E-state index contributed by atoms with van der Waals surface area (Å²) in [5.41, 5.74) is -4.25. The molecule has 2 aromatic rings. The number of benzene rings is 2. The summed E-state index contributed by atoms with van der Waals surface area (Å²) in [7, 11) is 0. The summed E-state index contributed by atoms with van der Waals surface area (Å²) < 4.78 is 82.7. The minimum atomic E-state index is -4.80. The van der Waals surface area contributed by atoms with Gasteiger partial charge in [0, 0.05) is 23.0 Å². The first kappa shape index (κ1) is 28.9. The van der Waals surface area contributed by atoms with Gasteiger partial charge in [0.05, 0.1) is 17.8 Å². The molecule has 2 amide bonds. The SMILES string of the molecule is CC1CCC(NC(=O)Nc2ccc(Cl)cc2F)(C2CCCC2)C(Oc2ccc(F)cc2[C@@]2(C(F)(F)F)CCO2)N1. The van der Waals surface area contributed by atoms with Crippen molar-refractivity contribution in [3.8, 4) is 5.75 Å². The predicted molar refractivity (Wildman–Crippen MR) is 139 cm³/mol. The van der Waals surface area contributed by atoms with Gasteiger partial charge in [0.25, 0.3) is 0 Å². The van der Waals surface area contributed by atoms with E-state index in [4.69, 9.17) is 21.1 Å². The first-order valence-corrected chi connectivity index (χ1v) is 13.8. The van der Waals surface area contributed by atoms with E-state index in [9.17, 15) is 26.7 Å². The molecule has 2 heterocycles. The molecule has 6 nitrogen and oxygen atoms in total. The average molecular weight is 588 g/mol. The van der Waals surface area contributed by atoms with Crippen molar-refractivity contribution in [1.29, 1.82) is 0 Å². The molecule has 2 saturated heterocycles. The van der Waals surface area contributed by atoms with Crippen molar-refractivity contribution in [1.82, 2.24) is 10.6 Å². The molecule has 3 N–H and O–H groups in total. The van der Waals surface area contributed by atoms with Crippen molar-refractivity contribution >= 4 is 23.3 Å². The van der Waals surface area contributed by atoms with Crippen LogP contribution in [0.15, 0.2) is 36.4 Å². The normalized spacial score (nSPS) is 29.1. The maximum Gasteiger partial charge on any atom is 0.421 e. The van der Waals surface area contributed by atoms with Gasteiger partial charge >= 0.3 is 12.2 Å². The maximum absolute atomic E-state index is 14.4. The lowest BCUT2D eigenvalue weighted by atomic mass is 9.74. The topological polar surface area (TPSA) is 71.6 Å². The third-order valence-corrected chi connectivity index (χ3v) is 8.62. The Hall–Kier alpha value is -2.63. The standard InChI is InChI=1S/C28H31ClF5N3O3/c1-16-10-11-26(17-4-2-3-5-17,37-25(38)36-22-8-6-18(29)14-21(22)31)24(35-16)40-23-9-7-19(30)15-20(23)27(12-13-39-27)28(32,33)34/h6-9,14-17,24,35H,2-5,10-13H2,1H3,(H2,36,37,38)/t16?,24?,26?,27-/m1/s1. The van der Waals surface area contributed by atoms with Crippen molar-refractivity contribution in [2.75, 3.05) is 11.9 Å². The highest BCUT2D eigenvalue weighted by Crippen LogP contribution is 2.53. The van der Waals surface area contributed by atoms with Crippen LogP contribution in [0.3, 0.4) is 0 Å². The van der Waals surface area contributed by atoms with E-state index in [1.807, 2.05) is 6.92 Å². The Kier molecular flexibility index (Phi) is 7.93. The van der Waals surface area contributed by atoms with E-state index in [0.717, 1.165) is 43.9 Å². The van der Waals surface area contributed by atoms with E-state index >= 15 is 0 Å². The largest absolute Gasteiger partial charge is 0.472 e. The summed E-state index contributed by atoms with van der Waals surface area (Å²) in [6.07, 6.45) is -1.67. The highest BCUT2D eigenvalue weighted by atomic mass is 35.5. The Morgan fingerprint density at radius 3 is 2.45 bits per heavy atom. The predicted octanol–water partition coefficient (Wildman–Crippen LogP) is 7.02. The molecule has 2 aliphatic heterocycles. The van der Waals surface area contributed by atoms with Crippen molar-refractivity contribution < 1.29 is 36.2 Å². The molecule has 0 aromatic heterocycles. The lowest BCUT2D eigenvalue weighted by molar-refractivity contribution is -0.334. The minimum Gasteiger partial charge on any atom is -0.472 e. The molecule has 5 rings (SSSR count). The lowest BCUT2D eigenvalue weighted by Gasteiger charge is -2.50. The van der Waals surface area contributed by atoms with Gasteiger partial charge < -0.3 is 20.1 Å². The Balaban J connectivity index is 1.50. The van der Waals surface area contributed by atoms with Crippen molar-refractivity contribution in [3.63, 3.8) is 0 Å². The molecule has 1 saturated carbocycles. The average Bonchev–Trinajstić information content (AvgIpc) is 3.38. The van der Waals surface area contributed by atoms with E-state index in [1.54, 1.807) is 0 Å². The molecule has 3 aliphatic rings. The summed E-state index contributed by atoms with van der Waals surface area (Å²) >= 11 is 5.83. The summed E-state index contributed by atoms with van der Waals surface area (Å²) in [6, 6.07) is 6.10. The van der Waals surface area contributed by atoms with Gasteiger partial charge in [-0.15, -0.1) is 0 Å². The van der Waals surface area contributed by atoms with E-state index in [-0.39, 0.29) is 41.4 Å². The van der Waals surface area contributed by atoms with Crippen molar-refractivity contribution in [2.24, 2.45) is 5.92 Å². The van der Waals surface area contributed by atoms with Crippen LogP contribution in [0.4, 0.5) is 32.4 Å². The van der Waals surface area contributed by atoms with Gasteiger partial charge in [-0.3, -0.25) is 5.32 Å². The number of anilines is 1. The molecule has 218 valence electrons. The highest BCUT2D eigenvalue weighted by Gasteiger charge is 2.63. The summed E-state index contributed by atoms with van der Waals surface area (Å²) in [4.78, 5) is 13.3. The molecule has 0 spiro atoms. The van der Waals surface area contributed by atoms with E-state index in [0.29, 0.717) is 12.8 Å². The lowest BCUT2D eigenvalue weighted by Crippen LogP contribution is -2.71. The minimum absolute atomic E-state index is 0.0706. The second-order valence-electron chi connectivity index (χ2n) is 10.9. The van der Waals surface area contributed by atoms with Crippen LogP contribution in [0.1, 0.15) is 57.4 Å². The van der Waals surface area contributed by atoms with Crippen LogP contribution in [-0.2, 0) is 10.3 Å². The van der Waals surface area contributed by atoms with Gasteiger partial charge in [-0.05, 0) is 74.9 Å². The van der Waals surface area contributed by atoms with Gasteiger partial charge in [-0.1, -0.05) is 24.4 Å². The summed E-state index contributed by atoms with van der Waals surface area (Å²) in [5, 5.41) is 9.03. The second-order valence-corrected chi connectivity index (χ2v) is 11.3. The number of urea groups is 1. The number of rotatable bonds is 6. The molecule has 3 unspecified atom stereocenters. The van der Waals surface area contributed by atoms with Crippen LogP contribution in [0.5, 0.6) is 5.75 Å². The highest BCUT2D eigenvalue weighted by molar-refractivity contribution is 6.30. The number of alkyl halides is 3. The van der Waals surface area contributed by atoms with E-state index in [1.165, 1.54) is 18.2 Å². The Morgan fingerprint density at radius 1 is 1.10 bits per heavy atom. The number of ether oxygens (including phenoxy) is 2. The summed E-state index contributed by atoms with van der Waals surface area (Å²) in [6.45, 7) is 1.79. The van der Waals surface area contributed by atoms with E-state index in [2.05, 4.69) is 16.0 Å². The Morgan fingerprint density at radius 2 is 1.82 bits per heavy atom. The van der Waals surface area contributed by atoms with Crippen LogP contribution in [-0.4, -0.2) is 36.6 Å². The zero-order valence-electron chi connectivity index (χ0n) is 21.8. The number of halogens is 6. The maximum atomic E-state index is 14.4. The number of piperidine rings is 1. The Bertz CT molecular complexity index is 1250. The van der Waals surface area contributed by atoms with Crippen LogP contribution in [0.2, 0.25) is 5.02 Å². The molecular weight excluding hydrogens is 557 g/mol. The first-order valence-electron chi connectivity index (χ1n) is 13.4. The second kappa shape index (κ2) is 11.0. The molecule has 0 bridgehead atoms. The van der Waals surface area contributed by atoms with Crippen molar-refractivity contribution in [3.05, 3.63) is 58.6 Å². The van der Waals surface area contributed by atoms with Crippen molar-refractivity contribution in [2.45, 2.75) is 81.5 Å². The molecule has 12 heteroatoms. The number of hydrogen-bond donors (Lipinski definition) is 3. The molecule has 4 atom stereocenters. The number of carbonyl (C=O) groups excluding carboxylic acids is 1. The fourth-order valence-corrected chi connectivity index (χ4v) is 6.36. The molecule has 3 fully saturated rings. The zero-order chi connectivity index (χ0) is 28.7. The van der Waals surface area contributed by atoms with Gasteiger partial charge in [0.2, 0.25) is 0 Å². The van der Waals surface area contributed by atoms with Gasteiger partial charge in [-0.25, -0.2) is 13.6 Å². The third-order valence-electron chi connectivity index (χ3n) is 8.39. The number of carbonyl (C=O) groups is 1. The molecule has 1 aliphatic carbocycles. The number of amides is 2. The quantitative estimate of drug-likeness (QED) is 0.318. The molecule has 40 heavy (non-hydrogen) atoms. The monoisotopic (exact) mass is 587 g/mol. The van der Waals surface area contributed by atoms with Crippen LogP contribution >= 0.6 is 11.6 Å². The van der Waals surface area contributed by atoms with Gasteiger partial charge in [-0.2, -0.15) is 13.2 Å². The Labute approximate surface area is 233 Å². The first-order chi connectivity index (χ1) is 18.9. The zero-order valence-corrected chi connectivity index (χ0v) is 22.6. The molecular formula is C28H31ClF5N3O3. The fraction of sp³-hybridized carbons (Fsp3) is 0.536.